The Morgan fingerprint density at radius 3 is 2.70 bits per heavy atom. The standard InChI is InChI=1S/C28H30F3N5O/c1-15-24-13-36(25(15)12-35(24)14-26(30)31)19-4-2-16(3-5-19)18-9-22(27(32)34-11-18)21-8-17-6-7-33-28(37)20(17)10-23(21)29/h2,4-5,8-11,15-16,24-26H,3,6-7,12-14H2,1H3,(H2,32,34)(H,33,37)/t15-,16?,24+,25+/m0/s1. The third kappa shape index (κ3) is 4.19. The topological polar surface area (TPSA) is 74.5 Å². The number of carbonyl (C=O) groups excluding carboxylic acids is 1. The number of anilines is 1. The van der Waals surface area contributed by atoms with Crippen molar-refractivity contribution in [2.24, 2.45) is 5.92 Å². The number of rotatable bonds is 5. The van der Waals surface area contributed by atoms with Crippen LogP contribution >= 0.6 is 0 Å². The van der Waals surface area contributed by atoms with Crippen LogP contribution in [0.15, 0.2) is 48.3 Å². The number of halogens is 3. The van der Waals surface area contributed by atoms with Crippen molar-refractivity contribution in [3.05, 3.63) is 70.8 Å². The summed E-state index contributed by atoms with van der Waals surface area (Å²) in [5, 5.41) is 2.74. The van der Waals surface area contributed by atoms with E-state index in [1.807, 2.05) is 11.0 Å². The molecule has 194 valence electrons. The molecule has 4 heterocycles. The minimum atomic E-state index is -2.30. The molecule has 3 N–H and O–H groups in total. The predicted molar refractivity (Wildman–Crippen MR) is 136 cm³/mol. The highest BCUT2D eigenvalue weighted by atomic mass is 19.3. The van der Waals surface area contributed by atoms with E-state index in [1.54, 1.807) is 12.3 Å². The highest BCUT2D eigenvalue weighted by Crippen LogP contribution is 2.41. The van der Waals surface area contributed by atoms with Gasteiger partial charge in [-0.25, -0.2) is 18.2 Å². The molecule has 1 amide bonds. The summed E-state index contributed by atoms with van der Waals surface area (Å²) in [5.41, 5.74) is 10.3. The van der Waals surface area contributed by atoms with Crippen LogP contribution in [0.4, 0.5) is 19.0 Å². The zero-order valence-corrected chi connectivity index (χ0v) is 20.6. The lowest BCUT2D eigenvalue weighted by molar-refractivity contribution is 0.0599. The molecular weight excluding hydrogens is 479 g/mol. The molecule has 2 bridgehead atoms. The second-order valence-electron chi connectivity index (χ2n) is 10.5. The SMILES string of the molecule is C[C@H]1[C@H]2CN(C3=CCC(c4cnc(N)c(-c5cc6c(cc5F)C(=O)NCC6)c4)C=C3)[C@@H]1CN2CC(F)F. The summed E-state index contributed by atoms with van der Waals surface area (Å²) in [6, 6.07) is 5.30. The van der Waals surface area contributed by atoms with Crippen molar-refractivity contribution in [3.8, 4) is 11.1 Å². The molecule has 4 atom stereocenters. The van der Waals surface area contributed by atoms with E-state index in [4.69, 9.17) is 5.73 Å². The van der Waals surface area contributed by atoms with Gasteiger partial charge in [0.1, 0.15) is 11.6 Å². The fraction of sp³-hybridized carbons (Fsp3) is 0.429. The highest BCUT2D eigenvalue weighted by Gasteiger charge is 2.49. The van der Waals surface area contributed by atoms with E-state index in [1.165, 1.54) is 6.07 Å². The molecule has 0 saturated carbocycles. The van der Waals surface area contributed by atoms with Crippen molar-refractivity contribution in [1.82, 2.24) is 20.1 Å². The van der Waals surface area contributed by atoms with E-state index in [0.29, 0.717) is 42.1 Å². The van der Waals surface area contributed by atoms with E-state index in [9.17, 15) is 13.6 Å². The number of nitrogen functional groups attached to an aromatic ring is 1. The second-order valence-corrected chi connectivity index (χ2v) is 10.5. The fourth-order valence-corrected chi connectivity index (χ4v) is 6.44. The Hall–Kier alpha value is -3.33. The molecule has 1 aromatic heterocycles. The Morgan fingerprint density at radius 1 is 1.16 bits per heavy atom. The summed E-state index contributed by atoms with van der Waals surface area (Å²) in [6.07, 6.45) is 7.26. The maximum absolute atomic E-state index is 15.1. The second kappa shape index (κ2) is 9.20. The first-order valence-electron chi connectivity index (χ1n) is 12.8. The van der Waals surface area contributed by atoms with Gasteiger partial charge in [0.15, 0.2) is 0 Å². The number of nitrogens with two attached hydrogens (primary N) is 1. The zero-order chi connectivity index (χ0) is 25.8. The van der Waals surface area contributed by atoms with Crippen LogP contribution in [0.5, 0.6) is 0 Å². The van der Waals surface area contributed by atoms with Gasteiger partial charge in [0.25, 0.3) is 12.3 Å². The molecule has 1 aromatic carbocycles. The minimum absolute atomic E-state index is 0.0645. The lowest BCUT2D eigenvalue weighted by Crippen LogP contribution is -2.47. The first-order chi connectivity index (χ1) is 17.8. The first-order valence-corrected chi connectivity index (χ1v) is 12.8. The van der Waals surface area contributed by atoms with Crippen LogP contribution < -0.4 is 11.1 Å². The average molecular weight is 510 g/mol. The van der Waals surface area contributed by atoms with Gasteiger partial charge in [0.05, 0.1) is 6.54 Å². The van der Waals surface area contributed by atoms with Crippen LogP contribution in [0.2, 0.25) is 0 Å². The van der Waals surface area contributed by atoms with Crippen molar-refractivity contribution in [1.29, 1.82) is 0 Å². The number of aromatic nitrogens is 1. The third-order valence-electron chi connectivity index (χ3n) is 8.45. The van der Waals surface area contributed by atoms with E-state index < -0.39 is 12.2 Å². The number of benzene rings is 1. The van der Waals surface area contributed by atoms with E-state index in [2.05, 4.69) is 40.4 Å². The molecule has 1 aliphatic carbocycles. The van der Waals surface area contributed by atoms with Crippen LogP contribution in [0.1, 0.15) is 40.7 Å². The van der Waals surface area contributed by atoms with Gasteiger partial charge in [0, 0.05) is 66.2 Å². The van der Waals surface area contributed by atoms with Gasteiger partial charge in [-0.2, -0.15) is 0 Å². The summed E-state index contributed by atoms with van der Waals surface area (Å²) in [4.78, 5) is 20.7. The molecule has 6 nitrogen and oxygen atoms in total. The zero-order valence-electron chi connectivity index (χ0n) is 20.6. The lowest BCUT2D eigenvalue weighted by Gasteiger charge is -2.37. The third-order valence-corrected chi connectivity index (χ3v) is 8.45. The first kappa shape index (κ1) is 24.0. The van der Waals surface area contributed by atoms with E-state index in [-0.39, 0.29) is 36.3 Å². The number of alkyl halides is 2. The monoisotopic (exact) mass is 509 g/mol. The maximum atomic E-state index is 15.1. The smallest absolute Gasteiger partial charge is 0.251 e. The Bertz CT molecular complexity index is 1310. The highest BCUT2D eigenvalue weighted by molar-refractivity contribution is 5.97. The molecule has 9 heteroatoms. The molecule has 0 radical (unpaired) electrons. The summed E-state index contributed by atoms with van der Waals surface area (Å²) < 4.78 is 41.0. The van der Waals surface area contributed by atoms with Gasteiger partial charge in [-0.1, -0.05) is 19.1 Å². The molecule has 2 aromatic rings. The van der Waals surface area contributed by atoms with Gasteiger partial charge in [0.2, 0.25) is 0 Å². The van der Waals surface area contributed by atoms with Crippen LogP contribution in [0, 0.1) is 11.7 Å². The summed E-state index contributed by atoms with van der Waals surface area (Å²) in [6.45, 7) is 3.96. The van der Waals surface area contributed by atoms with Gasteiger partial charge < -0.3 is 16.0 Å². The maximum Gasteiger partial charge on any atom is 0.251 e. The lowest BCUT2D eigenvalue weighted by atomic mass is 9.89. The molecule has 1 unspecified atom stereocenters. The number of carbonyl (C=O) groups is 1. The van der Waals surface area contributed by atoms with Gasteiger partial charge in [-0.3, -0.25) is 9.69 Å². The number of pyridine rings is 1. The molecule has 2 fully saturated rings. The van der Waals surface area contributed by atoms with Crippen molar-refractivity contribution in [3.63, 3.8) is 0 Å². The number of nitrogens with one attached hydrogen (secondary N) is 1. The Kier molecular flexibility index (Phi) is 5.98. The molecule has 4 aliphatic rings. The largest absolute Gasteiger partial charge is 0.383 e. The fourth-order valence-electron chi connectivity index (χ4n) is 6.44. The van der Waals surface area contributed by atoms with Crippen LogP contribution in [-0.2, 0) is 6.42 Å². The van der Waals surface area contributed by atoms with Crippen LogP contribution in [0.3, 0.4) is 0 Å². The van der Waals surface area contributed by atoms with Crippen molar-refractivity contribution < 1.29 is 18.0 Å². The Labute approximate surface area is 214 Å². The Balaban J connectivity index is 1.20. The van der Waals surface area contributed by atoms with Gasteiger partial charge >= 0.3 is 0 Å². The number of fused-ring (bicyclic) bond motifs is 3. The average Bonchev–Trinajstić information content (AvgIpc) is 3.35. The number of piperazine rings is 1. The summed E-state index contributed by atoms with van der Waals surface area (Å²) in [5.74, 6) is -0.0955. The number of hydrogen-bond donors (Lipinski definition) is 2. The summed E-state index contributed by atoms with van der Waals surface area (Å²) in [7, 11) is 0. The van der Waals surface area contributed by atoms with Gasteiger partial charge in [-0.05, 0) is 54.2 Å². The molecule has 6 rings (SSSR count). The molecule has 0 spiro atoms. The minimum Gasteiger partial charge on any atom is -0.383 e. The van der Waals surface area contributed by atoms with E-state index in [0.717, 1.165) is 29.8 Å². The normalized spacial score (nSPS) is 27.0. The number of allylic oxidation sites excluding steroid dienone is 3. The van der Waals surface area contributed by atoms with Crippen molar-refractivity contribution in [2.45, 2.75) is 44.2 Å². The predicted octanol–water partition coefficient (Wildman–Crippen LogP) is 3.95. The molecule has 3 aliphatic heterocycles. The molecule has 37 heavy (non-hydrogen) atoms. The summed E-state index contributed by atoms with van der Waals surface area (Å²) >= 11 is 0. The quantitative estimate of drug-likeness (QED) is 0.639. The number of hydrogen-bond acceptors (Lipinski definition) is 5. The molecule has 2 saturated heterocycles. The van der Waals surface area contributed by atoms with Crippen LogP contribution in [-0.4, -0.2) is 65.4 Å². The number of likely N-dealkylation sites (tertiary alicyclic amines) is 2. The van der Waals surface area contributed by atoms with Crippen LogP contribution in [0.25, 0.3) is 11.1 Å². The Morgan fingerprint density at radius 2 is 2.00 bits per heavy atom. The van der Waals surface area contributed by atoms with Crippen molar-refractivity contribution >= 4 is 11.7 Å². The van der Waals surface area contributed by atoms with Gasteiger partial charge in [-0.15, -0.1) is 0 Å². The number of amides is 1. The number of nitrogens with zero attached hydrogens (tertiary/aromatic N) is 3. The van der Waals surface area contributed by atoms with E-state index >= 15 is 4.39 Å². The molecular formula is C28H30F3N5O. The van der Waals surface area contributed by atoms with Crippen molar-refractivity contribution in [2.75, 3.05) is 31.9 Å².